The van der Waals surface area contributed by atoms with Gasteiger partial charge in [-0.05, 0) is 108 Å². The molecule has 5 nitrogen and oxygen atoms in total. The van der Waals surface area contributed by atoms with Crippen LogP contribution in [0.25, 0.3) is 111 Å². The molecule has 0 aliphatic heterocycles. The third-order valence-electron chi connectivity index (χ3n) is 12.2. The third kappa shape index (κ3) is 7.64. The number of hydrogen-bond acceptors (Lipinski definition) is 5. The molecule has 0 radical (unpaired) electrons. The van der Waals surface area contributed by atoms with Crippen molar-refractivity contribution in [2.75, 3.05) is 0 Å². The van der Waals surface area contributed by atoms with E-state index in [0.29, 0.717) is 28.6 Å². The third-order valence-corrected chi connectivity index (χ3v) is 12.2. The van der Waals surface area contributed by atoms with Crippen LogP contribution in [0.4, 0.5) is 0 Å². The second-order valence-electron chi connectivity index (χ2n) is 16.2. The van der Waals surface area contributed by atoms with Crippen molar-refractivity contribution in [2.24, 2.45) is 0 Å². The average molecular weight is 840 g/mol. The number of benzene rings is 10. The van der Waals surface area contributed by atoms with Gasteiger partial charge in [-0.15, -0.1) is 0 Å². The molecule has 1 heterocycles. The molecule has 0 aliphatic rings. The van der Waals surface area contributed by atoms with Crippen LogP contribution in [0, 0.1) is 22.7 Å². The lowest BCUT2D eigenvalue weighted by Gasteiger charge is -2.12. The minimum Gasteiger partial charge on any atom is -0.208 e. The Bertz CT molecular complexity index is 3710. The second-order valence-corrected chi connectivity index (χ2v) is 16.2. The van der Waals surface area contributed by atoms with Gasteiger partial charge in [-0.1, -0.05) is 194 Å². The Hall–Kier alpha value is -9.29. The van der Waals surface area contributed by atoms with Crippen LogP contribution < -0.4 is 0 Å². The molecule has 11 aromatic rings. The fourth-order valence-corrected chi connectivity index (χ4v) is 8.80. The normalized spacial score (nSPS) is 11.0. The Morgan fingerprint density at radius 2 is 0.652 bits per heavy atom. The minimum absolute atomic E-state index is 0.487. The largest absolute Gasteiger partial charge is 0.208 e. The van der Waals surface area contributed by atoms with Gasteiger partial charge in [0.05, 0.1) is 23.3 Å². The molecule has 10 aromatic carbocycles. The molecule has 11 rings (SSSR count). The van der Waals surface area contributed by atoms with Crippen molar-refractivity contribution < 1.29 is 0 Å². The first-order valence-electron chi connectivity index (χ1n) is 21.8. The summed E-state index contributed by atoms with van der Waals surface area (Å²) >= 11 is 0. The SMILES string of the molecule is N#Cc1cc(-c2cccc(-c3ccc(-c4nc(-c5ccccc5)nc(-c5ccc(-c6ccccc6)c(C#N)c5)n4)cc3)c2)ccc1-c1cccc(-c2ccc3ccc4ccccc4c3c2)c1. The van der Waals surface area contributed by atoms with Crippen molar-refractivity contribution in [3.05, 3.63) is 236 Å². The van der Waals surface area contributed by atoms with E-state index in [1.54, 1.807) is 0 Å². The molecule has 306 valence electrons. The van der Waals surface area contributed by atoms with Gasteiger partial charge in [0.1, 0.15) is 0 Å². The number of fused-ring (bicyclic) bond motifs is 3. The molecule has 66 heavy (non-hydrogen) atoms. The summed E-state index contributed by atoms with van der Waals surface area (Å²) in [5.41, 5.74) is 13.6. The molecular weight excluding hydrogens is 803 g/mol. The summed E-state index contributed by atoms with van der Waals surface area (Å²) < 4.78 is 0. The van der Waals surface area contributed by atoms with E-state index in [2.05, 4.69) is 140 Å². The molecule has 0 fully saturated rings. The lowest BCUT2D eigenvalue weighted by atomic mass is 9.92. The number of rotatable bonds is 8. The van der Waals surface area contributed by atoms with Crippen LogP contribution in [-0.2, 0) is 0 Å². The van der Waals surface area contributed by atoms with Crippen molar-refractivity contribution in [1.82, 2.24) is 15.0 Å². The molecule has 0 unspecified atom stereocenters. The summed E-state index contributed by atoms with van der Waals surface area (Å²) in [6.45, 7) is 0. The van der Waals surface area contributed by atoms with Crippen LogP contribution in [0.1, 0.15) is 11.1 Å². The van der Waals surface area contributed by atoms with E-state index in [1.807, 2.05) is 97.1 Å². The molecule has 1 aromatic heterocycles. The molecular formula is C61H37N5. The first kappa shape index (κ1) is 39.5. The van der Waals surface area contributed by atoms with Gasteiger partial charge in [0.15, 0.2) is 17.5 Å². The van der Waals surface area contributed by atoms with Crippen molar-refractivity contribution >= 4 is 21.5 Å². The second kappa shape index (κ2) is 17.1. The van der Waals surface area contributed by atoms with Crippen LogP contribution in [0.15, 0.2) is 224 Å². The standard InChI is InChI=1S/C61H37N5/c62-38-53-35-49(29-31-56(53)51-19-10-18-48(34-51)50-28-25-43-24-23-42-13-7-8-20-57(42)58(43)37-50)47-17-9-16-46(33-47)40-21-26-45(27-22-40)60-64-59(44-14-5-2-6-15-44)65-61(66-60)52-30-32-55(54(36-52)39-63)41-11-3-1-4-12-41/h1-37H. The zero-order chi connectivity index (χ0) is 44.4. The van der Waals surface area contributed by atoms with Gasteiger partial charge in [-0.2, -0.15) is 10.5 Å². The van der Waals surface area contributed by atoms with E-state index in [1.165, 1.54) is 21.5 Å². The quantitative estimate of drug-likeness (QED) is 0.142. The van der Waals surface area contributed by atoms with Crippen molar-refractivity contribution in [3.63, 3.8) is 0 Å². The molecule has 0 atom stereocenters. The molecule has 0 amide bonds. The van der Waals surface area contributed by atoms with E-state index in [0.717, 1.165) is 72.3 Å². The summed E-state index contributed by atoms with van der Waals surface area (Å²) in [6, 6.07) is 81.1. The predicted octanol–water partition coefficient (Wildman–Crippen LogP) is 15.3. The maximum Gasteiger partial charge on any atom is 0.164 e. The van der Waals surface area contributed by atoms with Gasteiger partial charge in [-0.25, -0.2) is 15.0 Å². The maximum atomic E-state index is 10.5. The first-order valence-corrected chi connectivity index (χ1v) is 21.8. The summed E-state index contributed by atoms with van der Waals surface area (Å²) in [6.07, 6.45) is 0. The summed E-state index contributed by atoms with van der Waals surface area (Å²) in [5.74, 6) is 1.57. The smallest absolute Gasteiger partial charge is 0.164 e. The molecule has 0 aliphatic carbocycles. The Labute approximate surface area is 382 Å². The maximum absolute atomic E-state index is 10.5. The summed E-state index contributed by atoms with van der Waals surface area (Å²) in [4.78, 5) is 14.8. The van der Waals surface area contributed by atoms with E-state index < -0.39 is 0 Å². The fourth-order valence-electron chi connectivity index (χ4n) is 8.80. The van der Waals surface area contributed by atoms with Crippen LogP contribution >= 0.6 is 0 Å². The Morgan fingerprint density at radius 3 is 1.32 bits per heavy atom. The molecule has 0 N–H and O–H groups in total. The van der Waals surface area contributed by atoms with Gasteiger partial charge < -0.3 is 0 Å². The van der Waals surface area contributed by atoms with Crippen LogP contribution in [0.5, 0.6) is 0 Å². The van der Waals surface area contributed by atoms with Gasteiger partial charge in [0.2, 0.25) is 0 Å². The van der Waals surface area contributed by atoms with Crippen molar-refractivity contribution in [3.8, 4) is 102 Å². The number of nitriles is 2. The number of aromatic nitrogens is 3. The lowest BCUT2D eigenvalue weighted by molar-refractivity contribution is 1.07. The number of hydrogen-bond donors (Lipinski definition) is 0. The van der Waals surface area contributed by atoms with Crippen molar-refractivity contribution in [2.45, 2.75) is 0 Å². The highest BCUT2D eigenvalue weighted by Gasteiger charge is 2.16. The highest BCUT2D eigenvalue weighted by Crippen LogP contribution is 2.36. The van der Waals surface area contributed by atoms with Gasteiger partial charge in [0.25, 0.3) is 0 Å². The van der Waals surface area contributed by atoms with E-state index in [9.17, 15) is 10.5 Å². The fraction of sp³-hybridized carbons (Fsp3) is 0. The van der Waals surface area contributed by atoms with Crippen LogP contribution in [-0.4, -0.2) is 15.0 Å². The average Bonchev–Trinajstić information content (AvgIpc) is 3.40. The molecule has 5 heteroatoms. The summed E-state index contributed by atoms with van der Waals surface area (Å²) in [5, 5.41) is 25.5. The topological polar surface area (TPSA) is 86.2 Å². The number of nitrogens with zero attached hydrogens (tertiary/aromatic N) is 5. The zero-order valence-corrected chi connectivity index (χ0v) is 35.6. The van der Waals surface area contributed by atoms with Gasteiger partial charge in [-0.3, -0.25) is 0 Å². The monoisotopic (exact) mass is 839 g/mol. The first-order chi connectivity index (χ1) is 32.6. The lowest BCUT2D eigenvalue weighted by Crippen LogP contribution is -2.00. The minimum atomic E-state index is 0.487. The summed E-state index contributed by atoms with van der Waals surface area (Å²) in [7, 11) is 0. The molecule has 0 saturated carbocycles. The van der Waals surface area contributed by atoms with Crippen molar-refractivity contribution in [1.29, 1.82) is 10.5 Å². The zero-order valence-electron chi connectivity index (χ0n) is 35.6. The predicted molar refractivity (Wildman–Crippen MR) is 268 cm³/mol. The Kier molecular flexibility index (Phi) is 10.3. The van der Waals surface area contributed by atoms with E-state index >= 15 is 0 Å². The molecule has 0 saturated heterocycles. The highest BCUT2D eigenvalue weighted by molar-refractivity contribution is 6.08. The van der Waals surface area contributed by atoms with Crippen LogP contribution in [0.3, 0.4) is 0 Å². The van der Waals surface area contributed by atoms with E-state index in [-0.39, 0.29) is 0 Å². The van der Waals surface area contributed by atoms with E-state index in [4.69, 9.17) is 15.0 Å². The Morgan fingerprint density at radius 1 is 0.258 bits per heavy atom. The molecule has 0 spiro atoms. The molecule has 0 bridgehead atoms. The Balaban J connectivity index is 0.885. The van der Waals surface area contributed by atoms with Crippen LogP contribution in [0.2, 0.25) is 0 Å². The van der Waals surface area contributed by atoms with Gasteiger partial charge >= 0.3 is 0 Å². The van der Waals surface area contributed by atoms with Gasteiger partial charge in [0, 0.05) is 16.7 Å². The highest BCUT2D eigenvalue weighted by atomic mass is 15.0.